The molecule has 0 amide bonds. The van der Waals surface area contributed by atoms with Crippen molar-refractivity contribution in [3.63, 3.8) is 0 Å². The molecule has 0 rings (SSSR count). The second-order valence-corrected chi connectivity index (χ2v) is 8.51. The van der Waals surface area contributed by atoms with Crippen molar-refractivity contribution >= 4 is 18.9 Å². The van der Waals surface area contributed by atoms with Gasteiger partial charge in [-0.1, -0.05) is 90.9 Å². The molecule has 0 aliphatic carbocycles. The first-order valence-electron chi connectivity index (χ1n) is 13.7. The van der Waals surface area contributed by atoms with E-state index in [0.29, 0.717) is 13.6 Å². The summed E-state index contributed by atoms with van der Waals surface area (Å²) in [5.41, 5.74) is 0. The third-order valence-electron chi connectivity index (χ3n) is 5.18. The van der Waals surface area contributed by atoms with Crippen LogP contribution in [0.4, 0.5) is 0 Å². The van der Waals surface area contributed by atoms with Gasteiger partial charge in [-0.3, -0.25) is 0 Å². The summed E-state index contributed by atoms with van der Waals surface area (Å²) in [4.78, 5) is 0. The van der Waals surface area contributed by atoms with Gasteiger partial charge in [-0.15, -0.1) is 0 Å². The first kappa shape index (κ1) is 42.1. The van der Waals surface area contributed by atoms with Gasteiger partial charge in [0, 0.05) is 45.3 Å². The van der Waals surface area contributed by atoms with Crippen LogP contribution >= 0.6 is 0 Å². The molecule has 0 saturated heterocycles. The predicted octanol–water partition coefficient (Wildman–Crippen LogP) is 8.30. The Bertz CT molecular complexity index is 244. The molecule has 0 heterocycles. The van der Waals surface area contributed by atoms with E-state index in [4.69, 9.17) is 18.9 Å². The summed E-state index contributed by atoms with van der Waals surface area (Å²) >= 11 is 0. The van der Waals surface area contributed by atoms with Gasteiger partial charge in [-0.25, -0.2) is 0 Å². The van der Waals surface area contributed by atoms with E-state index >= 15 is 0 Å². The van der Waals surface area contributed by atoms with Crippen LogP contribution in [-0.4, -0.2) is 58.9 Å². The minimum atomic E-state index is 0. The van der Waals surface area contributed by atoms with Crippen LogP contribution in [0.3, 0.4) is 0 Å². The van der Waals surface area contributed by atoms with E-state index in [-0.39, 0.29) is 35.9 Å². The Morgan fingerprint density at radius 1 is 0.441 bits per heavy atom. The van der Waals surface area contributed by atoms with Crippen molar-refractivity contribution in [3.8, 4) is 0 Å². The van der Waals surface area contributed by atoms with Gasteiger partial charge in [-0.05, 0) is 12.8 Å². The van der Waals surface area contributed by atoms with E-state index in [2.05, 4.69) is 40.5 Å². The maximum absolute atomic E-state index is 5.39. The molecule has 34 heavy (non-hydrogen) atoms. The van der Waals surface area contributed by atoms with Crippen LogP contribution in [0.2, 0.25) is 0 Å². The van der Waals surface area contributed by atoms with E-state index < -0.39 is 0 Å². The standard InChI is InChI=1S/2C14H29O2.Cu.Li/c2*1-3-5-7-8-9-11-13-16-14-15-12-10-6-4-2;;/h2*4H,3,5-14H2,1-2H3;;/q2*-1;+2;. The first-order chi connectivity index (χ1) is 15.8. The molecule has 2 radical (unpaired) electrons. The Morgan fingerprint density at radius 3 is 1.06 bits per heavy atom. The molecule has 0 aromatic carbocycles. The zero-order valence-electron chi connectivity index (χ0n) is 23.6. The summed E-state index contributed by atoms with van der Waals surface area (Å²) in [7, 11) is 0. The van der Waals surface area contributed by atoms with Crippen LogP contribution in [0, 0.1) is 12.8 Å². The molecule has 0 spiro atoms. The van der Waals surface area contributed by atoms with Gasteiger partial charge < -0.3 is 31.8 Å². The number of unbranched alkanes of at least 4 members (excludes halogenated alkanes) is 14. The molecule has 0 bridgehead atoms. The molecule has 0 fully saturated rings. The second-order valence-electron chi connectivity index (χ2n) is 8.51. The Labute approximate surface area is 237 Å². The smallest absolute Gasteiger partial charge is 0.356 e. The summed E-state index contributed by atoms with van der Waals surface area (Å²) in [5, 5.41) is 0. The summed E-state index contributed by atoms with van der Waals surface area (Å²) < 4.78 is 21.5. The molecule has 0 atom stereocenters. The maximum atomic E-state index is 5.39. The van der Waals surface area contributed by atoms with Gasteiger partial charge in [-0.2, -0.15) is 26.7 Å². The van der Waals surface area contributed by atoms with E-state index in [1.807, 2.05) is 0 Å². The molecule has 0 aromatic rings. The van der Waals surface area contributed by atoms with Crippen LogP contribution in [0.5, 0.6) is 0 Å². The van der Waals surface area contributed by atoms with Crippen molar-refractivity contribution in [2.75, 3.05) is 40.0 Å². The fraction of sp³-hybridized carbons (Fsp3) is 0.929. The number of hydrogen-bond donors (Lipinski definition) is 0. The molecule has 6 heteroatoms. The first-order valence-corrected chi connectivity index (χ1v) is 13.7. The summed E-state index contributed by atoms with van der Waals surface area (Å²) in [6, 6.07) is 0. The van der Waals surface area contributed by atoms with E-state index in [1.54, 1.807) is 0 Å². The van der Waals surface area contributed by atoms with Crippen LogP contribution in [0.1, 0.15) is 130 Å². The molecule has 0 saturated carbocycles. The van der Waals surface area contributed by atoms with Gasteiger partial charge >= 0.3 is 17.1 Å². The Kier molecular flexibility index (Phi) is 54.4. The molecular formula is C28H58CuLiO4. The normalized spacial score (nSPS) is 10.2. The number of hydrogen-bond acceptors (Lipinski definition) is 4. The molecule has 0 unspecified atom stereocenters. The molecular weight excluding hydrogens is 471 g/mol. The zero-order chi connectivity index (χ0) is 23.8. The van der Waals surface area contributed by atoms with Crippen molar-refractivity contribution < 1.29 is 36.0 Å². The predicted molar refractivity (Wildman–Crippen MR) is 144 cm³/mol. The largest absolute Gasteiger partial charge is 2.00 e. The van der Waals surface area contributed by atoms with Gasteiger partial charge in [0.1, 0.15) is 13.6 Å². The third kappa shape index (κ3) is 46.3. The molecule has 0 aliphatic rings. The molecule has 206 valence electrons. The summed E-state index contributed by atoms with van der Waals surface area (Å²) in [6.45, 7) is 12.9. The van der Waals surface area contributed by atoms with Crippen molar-refractivity contribution in [2.45, 2.75) is 130 Å². The van der Waals surface area contributed by atoms with Crippen LogP contribution in [0.15, 0.2) is 0 Å². The van der Waals surface area contributed by atoms with Gasteiger partial charge in [0.2, 0.25) is 0 Å². The molecule has 0 aromatic heterocycles. The van der Waals surface area contributed by atoms with Crippen molar-refractivity contribution in [2.24, 2.45) is 0 Å². The van der Waals surface area contributed by atoms with Crippen LogP contribution in [-0.2, 0) is 36.0 Å². The molecule has 0 aliphatic heterocycles. The Balaban J connectivity index is -0.000000250. The van der Waals surface area contributed by atoms with Crippen LogP contribution < -0.4 is 0 Å². The number of ether oxygens (including phenoxy) is 4. The minimum absolute atomic E-state index is 0. The van der Waals surface area contributed by atoms with E-state index in [9.17, 15) is 0 Å². The minimum Gasteiger partial charge on any atom is -0.356 e. The average Bonchev–Trinajstić information content (AvgIpc) is 2.81. The van der Waals surface area contributed by atoms with Gasteiger partial charge in [0.25, 0.3) is 0 Å². The topological polar surface area (TPSA) is 36.9 Å². The fourth-order valence-corrected chi connectivity index (χ4v) is 3.10. The van der Waals surface area contributed by atoms with Crippen molar-refractivity contribution in [3.05, 3.63) is 12.8 Å². The van der Waals surface area contributed by atoms with Crippen LogP contribution in [0.25, 0.3) is 0 Å². The van der Waals surface area contributed by atoms with Crippen molar-refractivity contribution in [1.29, 1.82) is 0 Å². The van der Waals surface area contributed by atoms with E-state index in [0.717, 1.165) is 52.1 Å². The Hall–Kier alpha value is 0.957. The molecule has 4 nitrogen and oxygen atoms in total. The third-order valence-corrected chi connectivity index (χ3v) is 5.18. The van der Waals surface area contributed by atoms with Gasteiger partial charge in [0.05, 0.1) is 0 Å². The maximum Gasteiger partial charge on any atom is 2.00 e. The summed E-state index contributed by atoms with van der Waals surface area (Å²) in [5.74, 6) is 0. The van der Waals surface area contributed by atoms with E-state index in [1.165, 1.54) is 77.0 Å². The second kappa shape index (κ2) is 44.0. The zero-order valence-corrected chi connectivity index (χ0v) is 24.6. The Morgan fingerprint density at radius 2 is 0.735 bits per heavy atom. The molecule has 0 N–H and O–H groups in total. The SMILES string of the molecule is C[CH-]CCCOCOCCCCCCCC.C[CH-]CCCOCOCCCCCCCC.[Cu+2].[Li]. The van der Waals surface area contributed by atoms with Gasteiger partial charge in [0.15, 0.2) is 0 Å². The van der Waals surface area contributed by atoms with Crippen molar-refractivity contribution in [1.82, 2.24) is 0 Å². The average molecular weight is 529 g/mol. The number of rotatable bonds is 26. The quantitative estimate of drug-likeness (QED) is 0.0489. The summed E-state index contributed by atoms with van der Waals surface area (Å²) in [6.07, 6.45) is 24.6. The fourth-order valence-electron chi connectivity index (χ4n) is 3.10. The monoisotopic (exact) mass is 528 g/mol.